The lowest BCUT2D eigenvalue weighted by Gasteiger charge is -2.32. The fraction of sp³-hybridized carbons (Fsp3) is 0.500. The smallest absolute Gasteiger partial charge is 0.276 e. The molecule has 1 aliphatic heterocycles. The first-order valence-electron chi connectivity index (χ1n) is 7.98. The summed E-state index contributed by atoms with van der Waals surface area (Å²) in [4.78, 5) is 22.3. The minimum Gasteiger partial charge on any atom is -0.472 e. The van der Waals surface area contributed by atoms with Crippen molar-refractivity contribution in [1.82, 2.24) is 20.0 Å². The first-order valence-corrected chi connectivity index (χ1v) is 7.98. The Morgan fingerprint density at radius 1 is 1.35 bits per heavy atom. The summed E-state index contributed by atoms with van der Waals surface area (Å²) in [5, 5.41) is 3.93. The van der Waals surface area contributed by atoms with Crippen LogP contribution in [-0.2, 0) is 0 Å². The highest BCUT2D eigenvalue weighted by Crippen LogP contribution is 2.40. The van der Waals surface area contributed by atoms with E-state index in [2.05, 4.69) is 15.1 Å². The Morgan fingerprint density at radius 3 is 3.04 bits per heavy atom. The van der Waals surface area contributed by atoms with E-state index in [1.54, 1.807) is 23.2 Å². The van der Waals surface area contributed by atoms with Crippen LogP contribution >= 0.6 is 0 Å². The van der Waals surface area contributed by atoms with Gasteiger partial charge in [-0.15, -0.1) is 0 Å². The maximum atomic E-state index is 12.6. The van der Waals surface area contributed by atoms with E-state index in [1.807, 2.05) is 0 Å². The van der Waals surface area contributed by atoms with Gasteiger partial charge in [-0.05, 0) is 25.7 Å². The SMILES string of the molecule is O=C(c1cc(C2CC2)on1)N1CCCC(Oc2ccncn2)C1. The Hall–Kier alpha value is -2.44. The van der Waals surface area contributed by atoms with Crippen LogP contribution in [0.25, 0.3) is 0 Å². The largest absolute Gasteiger partial charge is 0.472 e. The lowest BCUT2D eigenvalue weighted by atomic mass is 10.1. The lowest BCUT2D eigenvalue weighted by Crippen LogP contribution is -2.44. The summed E-state index contributed by atoms with van der Waals surface area (Å²) < 4.78 is 11.1. The number of piperidine rings is 1. The van der Waals surface area contributed by atoms with Gasteiger partial charge in [0.25, 0.3) is 5.91 Å². The van der Waals surface area contributed by atoms with Crippen molar-refractivity contribution in [3.63, 3.8) is 0 Å². The van der Waals surface area contributed by atoms with Crippen molar-refractivity contribution in [1.29, 1.82) is 0 Å². The first kappa shape index (κ1) is 14.2. The van der Waals surface area contributed by atoms with E-state index in [1.165, 1.54) is 6.33 Å². The molecule has 1 aliphatic carbocycles. The second-order valence-electron chi connectivity index (χ2n) is 6.07. The Morgan fingerprint density at radius 2 is 2.26 bits per heavy atom. The van der Waals surface area contributed by atoms with Crippen molar-refractivity contribution in [3.05, 3.63) is 36.1 Å². The van der Waals surface area contributed by atoms with Crippen LogP contribution in [0.2, 0.25) is 0 Å². The molecular formula is C16H18N4O3. The molecule has 1 atom stereocenters. The van der Waals surface area contributed by atoms with Gasteiger partial charge in [-0.25, -0.2) is 9.97 Å². The van der Waals surface area contributed by atoms with Crippen molar-refractivity contribution >= 4 is 5.91 Å². The van der Waals surface area contributed by atoms with Gasteiger partial charge in [0.05, 0.1) is 6.54 Å². The van der Waals surface area contributed by atoms with E-state index in [0.29, 0.717) is 30.6 Å². The molecule has 0 radical (unpaired) electrons. The number of hydrogen-bond donors (Lipinski definition) is 0. The van der Waals surface area contributed by atoms with Crippen LogP contribution in [0.1, 0.15) is 47.8 Å². The van der Waals surface area contributed by atoms with Crippen molar-refractivity contribution < 1.29 is 14.1 Å². The zero-order valence-electron chi connectivity index (χ0n) is 12.7. The van der Waals surface area contributed by atoms with E-state index >= 15 is 0 Å². The van der Waals surface area contributed by atoms with Crippen molar-refractivity contribution in [2.24, 2.45) is 0 Å². The fourth-order valence-corrected chi connectivity index (χ4v) is 2.85. The topological polar surface area (TPSA) is 81.4 Å². The minimum absolute atomic E-state index is 0.0580. The highest BCUT2D eigenvalue weighted by molar-refractivity contribution is 5.92. The molecule has 2 aliphatic rings. The number of carbonyl (C=O) groups is 1. The third-order valence-electron chi connectivity index (χ3n) is 4.23. The summed E-state index contributed by atoms with van der Waals surface area (Å²) in [5.74, 6) is 1.74. The predicted octanol–water partition coefficient (Wildman–Crippen LogP) is 2.03. The number of amides is 1. The quantitative estimate of drug-likeness (QED) is 0.859. The Labute approximate surface area is 133 Å². The number of rotatable bonds is 4. The van der Waals surface area contributed by atoms with E-state index in [0.717, 1.165) is 31.4 Å². The lowest BCUT2D eigenvalue weighted by molar-refractivity contribution is 0.0518. The number of carbonyl (C=O) groups excluding carboxylic acids is 1. The van der Waals surface area contributed by atoms with E-state index in [-0.39, 0.29) is 12.0 Å². The molecule has 2 aromatic rings. The minimum atomic E-state index is -0.0864. The molecule has 1 saturated heterocycles. The average molecular weight is 314 g/mol. The van der Waals surface area contributed by atoms with Gasteiger partial charge in [-0.1, -0.05) is 5.16 Å². The maximum absolute atomic E-state index is 12.6. The van der Waals surface area contributed by atoms with E-state index in [4.69, 9.17) is 9.26 Å². The standard InChI is InChI=1S/C16H18N4O3/c21-16(13-8-14(23-19-13)11-3-4-11)20-7-1-2-12(9-20)22-15-5-6-17-10-18-15/h5-6,8,10-12H,1-4,7,9H2. The molecule has 4 rings (SSSR count). The van der Waals surface area contributed by atoms with Crippen LogP contribution in [0.15, 0.2) is 29.2 Å². The average Bonchev–Trinajstić information content (AvgIpc) is 3.33. The molecular weight excluding hydrogens is 296 g/mol. The van der Waals surface area contributed by atoms with E-state index < -0.39 is 0 Å². The maximum Gasteiger partial charge on any atom is 0.276 e. The molecule has 2 fully saturated rings. The second kappa shape index (κ2) is 5.98. The molecule has 0 bridgehead atoms. The summed E-state index contributed by atoms with van der Waals surface area (Å²) in [6, 6.07) is 3.51. The Kier molecular flexibility index (Phi) is 3.69. The van der Waals surface area contributed by atoms with Gasteiger partial charge in [-0.3, -0.25) is 4.79 Å². The highest BCUT2D eigenvalue weighted by atomic mass is 16.5. The molecule has 1 unspecified atom stereocenters. The third kappa shape index (κ3) is 3.18. The second-order valence-corrected chi connectivity index (χ2v) is 6.07. The summed E-state index contributed by atoms with van der Waals surface area (Å²) in [6.45, 7) is 1.25. The van der Waals surface area contributed by atoms with E-state index in [9.17, 15) is 4.79 Å². The number of likely N-dealkylation sites (tertiary alicyclic amines) is 1. The summed E-state index contributed by atoms with van der Waals surface area (Å²) in [7, 11) is 0. The van der Waals surface area contributed by atoms with Crippen molar-refractivity contribution in [3.8, 4) is 5.88 Å². The molecule has 2 aromatic heterocycles. The summed E-state index contributed by atoms with van der Waals surface area (Å²) in [5.41, 5.74) is 0.398. The number of hydrogen-bond acceptors (Lipinski definition) is 6. The van der Waals surface area contributed by atoms with Gasteiger partial charge in [0, 0.05) is 30.8 Å². The molecule has 7 heteroatoms. The predicted molar refractivity (Wildman–Crippen MR) is 80.1 cm³/mol. The number of aromatic nitrogens is 3. The van der Waals surface area contributed by atoms with Gasteiger partial charge >= 0.3 is 0 Å². The van der Waals surface area contributed by atoms with Crippen molar-refractivity contribution in [2.75, 3.05) is 13.1 Å². The molecule has 3 heterocycles. The van der Waals surface area contributed by atoms with Crippen LogP contribution in [0, 0.1) is 0 Å². The molecule has 23 heavy (non-hydrogen) atoms. The van der Waals surface area contributed by atoms with Crippen LogP contribution in [-0.4, -0.2) is 45.1 Å². The molecule has 0 spiro atoms. The summed E-state index contributed by atoms with van der Waals surface area (Å²) >= 11 is 0. The first-order chi connectivity index (χ1) is 11.3. The number of ether oxygens (including phenoxy) is 1. The molecule has 0 N–H and O–H groups in total. The Bertz CT molecular complexity index is 684. The van der Waals surface area contributed by atoms with Gasteiger partial charge in [0.1, 0.15) is 18.2 Å². The van der Waals surface area contributed by atoms with Crippen LogP contribution in [0.4, 0.5) is 0 Å². The Balaban J connectivity index is 1.40. The van der Waals surface area contributed by atoms with Gasteiger partial charge in [0.15, 0.2) is 5.69 Å². The summed E-state index contributed by atoms with van der Waals surface area (Å²) in [6.07, 6.45) is 7.09. The van der Waals surface area contributed by atoms with Crippen LogP contribution in [0.5, 0.6) is 5.88 Å². The van der Waals surface area contributed by atoms with Crippen LogP contribution < -0.4 is 4.74 Å². The van der Waals surface area contributed by atoms with Gasteiger partial charge < -0.3 is 14.2 Å². The van der Waals surface area contributed by atoms with Crippen LogP contribution in [0.3, 0.4) is 0 Å². The fourth-order valence-electron chi connectivity index (χ4n) is 2.85. The molecule has 7 nitrogen and oxygen atoms in total. The number of nitrogens with zero attached hydrogens (tertiary/aromatic N) is 4. The van der Waals surface area contributed by atoms with Crippen molar-refractivity contribution in [2.45, 2.75) is 37.7 Å². The highest BCUT2D eigenvalue weighted by Gasteiger charge is 2.31. The normalized spacial score (nSPS) is 21.2. The van der Waals surface area contributed by atoms with Gasteiger partial charge in [0.2, 0.25) is 5.88 Å². The van der Waals surface area contributed by atoms with Gasteiger partial charge in [-0.2, -0.15) is 0 Å². The molecule has 0 aromatic carbocycles. The zero-order chi connectivity index (χ0) is 15.6. The molecule has 1 amide bonds. The zero-order valence-corrected chi connectivity index (χ0v) is 12.7. The monoisotopic (exact) mass is 314 g/mol. The molecule has 120 valence electrons. The third-order valence-corrected chi connectivity index (χ3v) is 4.23. The molecule has 1 saturated carbocycles.